The van der Waals surface area contributed by atoms with Crippen LogP contribution in [-0.2, 0) is 4.79 Å². The van der Waals surface area contributed by atoms with Gasteiger partial charge >= 0.3 is 12.0 Å². The maximum atomic E-state index is 11.7. The first-order valence-electron chi connectivity index (χ1n) is 6.68. The maximum Gasteiger partial charge on any atom is 0.315 e. The molecule has 0 aliphatic carbocycles. The molecular weight excluding hydrogens is 264 g/mol. The van der Waals surface area contributed by atoms with Crippen LogP contribution < -0.4 is 10.6 Å². The predicted octanol–water partition coefficient (Wildman–Crippen LogP) is 2.32. The molecule has 6 heteroatoms. The van der Waals surface area contributed by atoms with Crippen molar-refractivity contribution in [3.63, 3.8) is 0 Å². The molecule has 0 saturated carbocycles. The van der Waals surface area contributed by atoms with E-state index in [1.807, 2.05) is 27.0 Å². The average Bonchev–Trinajstić information content (AvgIpc) is 2.37. The third kappa shape index (κ3) is 6.18. The van der Waals surface area contributed by atoms with Crippen molar-refractivity contribution in [1.82, 2.24) is 10.6 Å². The molecular formula is C13H26N2O3S. The summed E-state index contributed by atoms with van der Waals surface area (Å²) in [5.74, 6) is 0.137. The second-order valence-corrected chi connectivity index (χ2v) is 5.79. The molecule has 0 radical (unpaired) electrons. The molecule has 0 aliphatic heterocycles. The number of carboxylic acid groups (broad SMARTS) is 1. The van der Waals surface area contributed by atoms with E-state index in [9.17, 15) is 14.7 Å². The highest BCUT2D eigenvalue weighted by Crippen LogP contribution is 2.25. The van der Waals surface area contributed by atoms with E-state index in [2.05, 4.69) is 10.6 Å². The number of amides is 2. The lowest BCUT2D eigenvalue weighted by atomic mass is 9.82. The zero-order valence-corrected chi connectivity index (χ0v) is 13.1. The van der Waals surface area contributed by atoms with Crippen molar-refractivity contribution in [2.24, 2.45) is 5.41 Å². The fraction of sp³-hybridized carbons (Fsp3) is 0.846. The third-order valence-corrected chi connectivity index (χ3v) is 4.17. The Morgan fingerprint density at radius 1 is 1.32 bits per heavy atom. The van der Waals surface area contributed by atoms with Crippen molar-refractivity contribution in [3.8, 4) is 0 Å². The Balaban J connectivity index is 4.23. The zero-order valence-electron chi connectivity index (χ0n) is 12.3. The van der Waals surface area contributed by atoms with Crippen LogP contribution in [0.3, 0.4) is 0 Å². The second kappa shape index (κ2) is 9.07. The first-order chi connectivity index (χ1) is 8.91. The molecule has 0 spiro atoms. The Kier molecular flexibility index (Phi) is 8.63. The average molecular weight is 290 g/mol. The van der Waals surface area contributed by atoms with Crippen LogP contribution in [0.4, 0.5) is 4.79 Å². The Morgan fingerprint density at radius 3 is 2.32 bits per heavy atom. The summed E-state index contributed by atoms with van der Waals surface area (Å²) in [6, 6.07) is -0.198. The number of carboxylic acids is 1. The molecule has 3 N–H and O–H groups in total. The molecule has 2 amide bonds. The van der Waals surface area contributed by atoms with E-state index in [0.29, 0.717) is 12.8 Å². The lowest BCUT2D eigenvalue weighted by Gasteiger charge is -2.27. The number of thioether (sulfide) groups is 1. The van der Waals surface area contributed by atoms with Crippen molar-refractivity contribution < 1.29 is 14.7 Å². The van der Waals surface area contributed by atoms with Crippen molar-refractivity contribution in [2.75, 3.05) is 18.6 Å². The Labute approximate surface area is 119 Å². The largest absolute Gasteiger partial charge is 0.481 e. The molecule has 0 rings (SSSR count). The SMILES string of the molecule is CCC(CC)(CNC(=O)NC(C)CCSC)C(=O)O. The molecule has 0 heterocycles. The molecule has 19 heavy (non-hydrogen) atoms. The number of carbonyl (C=O) groups is 2. The van der Waals surface area contributed by atoms with Crippen LogP contribution in [-0.4, -0.2) is 41.7 Å². The van der Waals surface area contributed by atoms with Crippen LogP contribution in [0.1, 0.15) is 40.0 Å². The monoisotopic (exact) mass is 290 g/mol. The molecule has 0 aliphatic rings. The van der Waals surface area contributed by atoms with E-state index < -0.39 is 11.4 Å². The summed E-state index contributed by atoms with van der Waals surface area (Å²) >= 11 is 1.74. The van der Waals surface area contributed by atoms with Crippen molar-refractivity contribution in [2.45, 2.75) is 46.1 Å². The van der Waals surface area contributed by atoms with Gasteiger partial charge in [-0.2, -0.15) is 11.8 Å². The number of rotatable bonds is 9. The van der Waals surface area contributed by atoms with Gasteiger partial charge in [-0.25, -0.2) is 4.79 Å². The third-order valence-electron chi connectivity index (χ3n) is 3.53. The van der Waals surface area contributed by atoms with Crippen LogP contribution in [0.15, 0.2) is 0 Å². The Hall–Kier alpha value is -0.910. The van der Waals surface area contributed by atoms with Crippen LogP contribution >= 0.6 is 11.8 Å². The molecule has 112 valence electrons. The van der Waals surface area contributed by atoms with Gasteiger partial charge in [-0.05, 0) is 38.2 Å². The first kappa shape index (κ1) is 18.1. The summed E-state index contributed by atoms with van der Waals surface area (Å²) in [4.78, 5) is 23.0. The van der Waals surface area contributed by atoms with E-state index in [1.165, 1.54) is 0 Å². The molecule has 0 aromatic carbocycles. The highest BCUT2D eigenvalue weighted by molar-refractivity contribution is 7.98. The number of urea groups is 1. The van der Waals surface area contributed by atoms with E-state index in [4.69, 9.17) is 0 Å². The van der Waals surface area contributed by atoms with Crippen LogP contribution in [0.25, 0.3) is 0 Å². The van der Waals surface area contributed by atoms with Gasteiger partial charge in [-0.15, -0.1) is 0 Å². The van der Waals surface area contributed by atoms with Gasteiger partial charge in [0.15, 0.2) is 0 Å². The van der Waals surface area contributed by atoms with E-state index in [0.717, 1.165) is 12.2 Å². The summed E-state index contributed by atoms with van der Waals surface area (Å²) in [7, 11) is 0. The maximum absolute atomic E-state index is 11.7. The fourth-order valence-electron chi connectivity index (χ4n) is 1.77. The second-order valence-electron chi connectivity index (χ2n) is 4.80. The Bertz CT molecular complexity index is 294. The van der Waals surface area contributed by atoms with E-state index in [-0.39, 0.29) is 18.6 Å². The number of aliphatic carboxylic acids is 1. The summed E-state index contributed by atoms with van der Waals surface area (Å²) in [5.41, 5.74) is -0.861. The number of nitrogens with one attached hydrogen (secondary N) is 2. The van der Waals surface area contributed by atoms with Gasteiger partial charge in [0.1, 0.15) is 0 Å². The van der Waals surface area contributed by atoms with Crippen molar-refractivity contribution in [3.05, 3.63) is 0 Å². The molecule has 0 bridgehead atoms. The smallest absolute Gasteiger partial charge is 0.315 e. The summed E-state index contributed by atoms with van der Waals surface area (Å²) in [5, 5.41) is 14.8. The zero-order chi connectivity index (χ0) is 14.9. The highest BCUT2D eigenvalue weighted by Gasteiger charge is 2.35. The van der Waals surface area contributed by atoms with Gasteiger partial charge < -0.3 is 15.7 Å². The van der Waals surface area contributed by atoms with Gasteiger partial charge in [0.2, 0.25) is 0 Å². The topological polar surface area (TPSA) is 78.4 Å². The van der Waals surface area contributed by atoms with E-state index >= 15 is 0 Å². The van der Waals surface area contributed by atoms with E-state index in [1.54, 1.807) is 11.8 Å². The minimum absolute atomic E-state index is 0.0925. The summed E-state index contributed by atoms with van der Waals surface area (Å²) in [6.07, 6.45) is 3.93. The molecule has 1 unspecified atom stereocenters. The molecule has 0 fully saturated rings. The molecule has 0 saturated heterocycles. The predicted molar refractivity (Wildman–Crippen MR) is 79.6 cm³/mol. The van der Waals surface area contributed by atoms with Crippen molar-refractivity contribution >= 4 is 23.8 Å². The lowest BCUT2D eigenvalue weighted by Crippen LogP contribution is -2.47. The normalized spacial score (nSPS) is 12.8. The fourth-order valence-corrected chi connectivity index (χ4v) is 2.36. The molecule has 5 nitrogen and oxygen atoms in total. The van der Waals surface area contributed by atoms with Crippen LogP contribution in [0.2, 0.25) is 0 Å². The minimum Gasteiger partial charge on any atom is -0.481 e. The lowest BCUT2D eigenvalue weighted by molar-refractivity contribution is -0.149. The molecule has 0 aromatic rings. The molecule has 0 aromatic heterocycles. The van der Waals surface area contributed by atoms with Crippen LogP contribution in [0, 0.1) is 5.41 Å². The number of hydrogen-bond acceptors (Lipinski definition) is 3. The van der Waals surface area contributed by atoms with Gasteiger partial charge in [0.25, 0.3) is 0 Å². The number of hydrogen-bond donors (Lipinski definition) is 3. The van der Waals surface area contributed by atoms with Crippen LogP contribution in [0.5, 0.6) is 0 Å². The number of carbonyl (C=O) groups excluding carboxylic acids is 1. The van der Waals surface area contributed by atoms with Gasteiger partial charge in [-0.3, -0.25) is 4.79 Å². The van der Waals surface area contributed by atoms with Crippen molar-refractivity contribution in [1.29, 1.82) is 0 Å². The van der Waals surface area contributed by atoms with Gasteiger partial charge in [-0.1, -0.05) is 13.8 Å². The summed E-state index contributed by atoms with van der Waals surface area (Å²) in [6.45, 7) is 5.77. The highest BCUT2D eigenvalue weighted by atomic mass is 32.2. The summed E-state index contributed by atoms with van der Waals surface area (Å²) < 4.78 is 0. The Morgan fingerprint density at radius 2 is 1.89 bits per heavy atom. The standard InChI is InChI=1S/C13H26N2O3S/c1-5-13(6-2,11(16)17)9-14-12(18)15-10(3)7-8-19-4/h10H,5-9H2,1-4H3,(H,16,17)(H2,14,15,18). The minimum atomic E-state index is -0.861. The molecule has 1 atom stereocenters. The van der Waals surface area contributed by atoms with Gasteiger partial charge in [0, 0.05) is 12.6 Å². The first-order valence-corrected chi connectivity index (χ1v) is 8.08. The van der Waals surface area contributed by atoms with Gasteiger partial charge in [0.05, 0.1) is 5.41 Å². The quantitative estimate of drug-likeness (QED) is 0.609.